The topological polar surface area (TPSA) is 41.6 Å². The maximum atomic E-state index is 12.0. The molecule has 1 fully saturated rings. The molecule has 1 atom stereocenters. The number of ether oxygens (including phenoxy) is 1. The minimum absolute atomic E-state index is 0.140. The average molecular weight is 276 g/mol. The molecule has 110 valence electrons. The third-order valence-corrected chi connectivity index (χ3v) is 3.72. The molecule has 0 radical (unpaired) electrons. The Kier molecular flexibility index (Phi) is 6.02. The number of hydrogen-bond acceptors (Lipinski definition) is 3. The van der Waals surface area contributed by atoms with Gasteiger partial charge in [-0.3, -0.25) is 9.69 Å². The summed E-state index contributed by atoms with van der Waals surface area (Å²) in [6.07, 6.45) is 1.84. The maximum absolute atomic E-state index is 12.0. The van der Waals surface area contributed by atoms with Crippen molar-refractivity contribution in [2.45, 2.75) is 19.4 Å². The molecule has 0 bridgehead atoms. The van der Waals surface area contributed by atoms with E-state index in [2.05, 4.69) is 34.5 Å². The van der Waals surface area contributed by atoms with E-state index in [1.807, 2.05) is 6.07 Å². The fourth-order valence-electron chi connectivity index (χ4n) is 2.60. The SMILES string of the molecule is COCCCNC(=O)C1CCN(Cc2ccccc2)C1. The first-order chi connectivity index (χ1) is 9.79. The molecule has 1 aliphatic heterocycles. The van der Waals surface area contributed by atoms with Gasteiger partial charge in [-0.05, 0) is 24.9 Å². The van der Waals surface area contributed by atoms with Crippen molar-refractivity contribution in [3.05, 3.63) is 35.9 Å². The van der Waals surface area contributed by atoms with Gasteiger partial charge in [-0.2, -0.15) is 0 Å². The summed E-state index contributed by atoms with van der Waals surface area (Å²) in [7, 11) is 1.68. The van der Waals surface area contributed by atoms with Gasteiger partial charge in [-0.1, -0.05) is 30.3 Å². The molecule has 0 saturated carbocycles. The van der Waals surface area contributed by atoms with Crippen LogP contribution in [0.5, 0.6) is 0 Å². The minimum Gasteiger partial charge on any atom is -0.385 e. The van der Waals surface area contributed by atoms with Crippen LogP contribution in [0.1, 0.15) is 18.4 Å². The quantitative estimate of drug-likeness (QED) is 0.770. The zero-order chi connectivity index (χ0) is 14.2. The lowest BCUT2D eigenvalue weighted by Crippen LogP contribution is -2.33. The lowest BCUT2D eigenvalue weighted by molar-refractivity contribution is -0.124. The highest BCUT2D eigenvalue weighted by Gasteiger charge is 2.27. The number of benzene rings is 1. The van der Waals surface area contributed by atoms with Gasteiger partial charge in [0.2, 0.25) is 5.91 Å². The highest BCUT2D eigenvalue weighted by Crippen LogP contribution is 2.18. The van der Waals surface area contributed by atoms with Crippen LogP contribution < -0.4 is 5.32 Å². The molecule has 1 amide bonds. The monoisotopic (exact) mass is 276 g/mol. The van der Waals surface area contributed by atoms with E-state index in [9.17, 15) is 4.79 Å². The van der Waals surface area contributed by atoms with Gasteiger partial charge < -0.3 is 10.1 Å². The third-order valence-electron chi connectivity index (χ3n) is 3.72. The van der Waals surface area contributed by atoms with Gasteiger partial charge in [0, 0.05) is 33.4 Å². The summed E-state index contributed by atoms with van der Waals surface area (Å²) in [4.78, 5) is 14.4. The molecule has 1 heterocycles. The van der Waals surface area contributed by atoms with E-state index in [-0.39, 0.29) is 11.8 Å². The Morgan fingerprint density at radius 1 is 1.40 bits per heavy atom. The fraction of sp³-hybridized carbons (Fsp3) is 0.562. The van der Waals surface area contributed by atoms with Crippen molar-refractivity contribution in [1.82, 2.24) is 10.2 Å². The predicted octanol–water partition coefficient (Wildman–Crippen LogP) is 1.66. The van der Waals surface area contributed by atoms with E-state index >= 15 is 0 Å². The van der Waals surface area contributed by atoms with Crippen molar-refractivity contribution in [3.63, 3.8) is 0 Å². The molecular formula is C16H24N2O2. The molecule has 0 spiro atoms. The largest absolute Gasteiger partial charge is 0.385 e. The lowest BCUT2D eigenvalue weighted by Gasteiger charge is -2.16. The Labute approximate surface area is 121 Å². The standard InChI is InChI=1S/C16H24N2O2/c1-20-11-5-9-17-16(19)15-8-10-18(13-15)12-14-6-3-2-4-7-14/h2-4,6-7,15H,5,8-13H2,1H3,(H,17,19). The van der Waals surface area contributed by atoms with Crippen molar-refractivity contribution in [3.8, 4) is 0 Å². The van der Waals surface area contributed by atoms with Crippen molar-refractivity contribution in [2.75, 3.05) is 33.4 Å². The van der Waals surface area contributed by atoms with E-state index in [1.165, 1.54) is 5.56 Å². The van der Waals surface area contributed by atoms with Crippen LogP contribution in [0.4, 0.5) is 0 Å². The number of methoxy groups -OCH3 is 1. The lowest BCUT2D eigenvalue weighted by atomic mass is 10.1. The summed E-state index contributed by atoms with van der Waals surface area (Å²) in [5, 5.41) is 3.00. The second kappa shape index (κ2) is 8.02. The summed E-state index contributed by atoms with van der Waals surface area (Å²) in [6, 6.07) is 10.4. The Balaban J connectivity index is 1.70. The Morgan fingerprint density at radius 3 is 2.95 bits per heavy atom. The van der Waals surface area contributed by atoms with Crippen molar-refractivity contribution < 1.29 is 9.53 Å². The van der Waals surface area contributed by atoms with Gasteiger partial charge in [0.25, 0.3) is 0 Å². The zero-order valence-electron chi connectivity index (χ0n) is 12.2. The van der Waals surface area contributed by atoms with Crippen LogP contribution in [-0.4, -0.2) is 44.2 Å². The molecule has 20 heavy (non-hydrogen) atoms. The molecule has 1 aromatic carbocycles. The van der Waals surface area contributed by atoms with E-state index in [0.29, 0.717) is 13.2 Å². The van der Waals surface area contributed by atoms with Gasteiger partial charge >= 0.3 is 0 Å². The number of rotatable bonds is 7. The molecule has 1 aromatic rings. The van der Waals surface area contributed by atoms with Crippen LogP contribution in [0.15, 0.2) is 30.3 Å². The smallest absolute Gasteiger partial charge is 0.224 e. The minimum atomic E-state index is 0.140. The first kappa shape index (κ1) is 15.0. The first-order valence-electron chi connectivity index (χ1n) is 7.32. The highest BCUT2D eigenvalue weighted by atomic mass is 16.5. The molecule has 1 N–H and O–H groups in total. The fourth-order valence-corrected chi connectivity index (χ4v) is 2.60. The molecule has 1 unspecified atom stereocenters. The Morgan fingerprint density at radius 2 is 2.20 bits per heavy atom. The van der Waals surface area contributed by atoms with E-state index in [1.54, 1.807) is 7.11 Å². The van der Waals surface area contributed by atoms with Gasteiger partial charge in [-0.15, -0.1) is 0 Å². The summed E-state index contributed by atoms with van der Waals surface area (Å²) >= 11 is 0. The molecule has 4 heteroatoms. The molecule has 1 saturated heterocycles. The van der Waals surface area contributed by atoms with Crippen LogP contribution in [0.25, 0.3) is 0 Å². The van der Waals surface area contributed by atoms with Gasteiger partial charge in [-0.25, -0.2) is 0 Å². The van der Waals surface area contributed by atoms with Gasteiger partial charge in [0.15, 0.2) is 0 Å². The van der Waals surface area contributed by atoms with Crippen molar-refractivity contribution in [1.29, 1.82) is 0 Å². The first-order valence-corrected chi connectivity index (χ1v) is 7.32. The van der Waals surface area contributed by atoms with Gasteiger partial charge in [0.1, 0.15) is 0 Å². The van der Waals surface area contributed by atoms with Gasteiger partial charge in [0.05, 0.1) is 5.92 Å². The van der Waals surface area contributed by atoms with Crippen LogP contribution in [0.3, 0.4) is 0 Å². The predicted molar refractivity (Wildman–Crippen MR) is 79.3 cm³/mol. The maximum Gasteiger partial charge on any atom is 0.224 e. The second-order valence-corrected chi connectivity index (χ2v) is 5.34. The van der Waals surface area contributed by atoms with E-state index in [4.69, 9.17) is 4.74 Å². The molecule has 2 rings (SSSR count). The average Bonchev–Trinajstić information content (AvgIpc) is 2.93. The number of carbonyl (C=O) groups is 1. The summed E-state index contributed by atoms with van der Waals surface area (Å²) < 4.78 is 4.97. The molecule has 4 nitrogen and oxygen atoms in total. The zero-order valence-corrected chi connectivity index (χ0v) is 12.2. The van der Waals surface area contributed by atoms with E-state index in [0.717, 1.165) is 32.5 Å². The van der Waals surface area contributed by atoms with Crippen molar-refractivity contribution >= 4 is 5.91 Å². The number of hydrogen-bond donors (Lipinski definition) is 1. The molecular weight excluding hydrogens is 252 g/mol. The Bertz CT molecular complexity index is 408. The highest BCUT2D eigenvalue weighted by molar-refractivity contribution is 5.79. The number of carbonyl (C=O) groups excluding carboxylic acids is 1. The van der Waals surface area contributed by atoms with Crippen LogP contribution in [0, 0.1) is 5.92 Å². The number of amides is 1. The van der Waals surface area contributed by atoms with Crippen molar-refractivity contribution in [2.24, 2.45) is 5.92 Å². The molecule has 1 aliphatic rings. The third kappa shape index (κ3) is 4.62. The Hall–Kier alpha value is -1.39. The normalized spacial score (nSPS) is 19.1. The molecule has 0 aromatic heterocycles. The van der Waals surface area contributed by atoms with Crippen LogP contribution in [0.2, 0.25) is 0 Å². The van der Waals surface area contributed by atoms with Crippen LogP contribution >= 0.6 is 0 Å². The number of nitrogens with one attached hydrogen (secondary N) is 1. The van der Waals surface area contributed by atoms with Crippen LogP contribution in [-0.2, 0) is 16.1 Å². The van der Waals surface area contributed by atoms with E-state index < -0.39 is 0 Å². The number of likely N-dealkylation sites (tertiary alicyclic amines) is 1. The summed E-state index contributed by atoms with van der Waals surface area (Å²) in [5.74, 6) is 0.331. The summed E-state index contributed by atoms with van der Waals surface area (Å²) in [6.45, 7) is 4.22. The second-order valence-electron chi connectivity index (χ2n) is 5.34. The molecule has 0 aliphatic carbocycles. The summed E-state index contributed by atoms with van der Waals surface area (Å²) in [5.41, 5.74) is 1.31. The number of nitrogens with zero attached hydrogens (tertiary/aromatic N) is 1.